The number of ether oxygens (including phenoxy) is 3. The standard InChI is InChI=1S/C25H48N8O8/c1-25(37)11-39-23(19(35)22(25)29-2)41-21-16(32-24(36)33(38)6-5-26)7-14(28)17(18(21)34)20-15(31-12-9-30-10-12)4-3-13(8-27)40-20/h3,12,14-23,29-31,34-35,37-38H,4-11,26-28H2,1-2H3,(H,32,36). The number of urea groups is 1. The first-order valence-corrected chi connectivity index (χ1v) is 14.3. The van der Waals surface area contributed by atoms with Crippen LogP contribution < -0.4 is 38.5 Å². The fourth-order valence-corrected chi connectivity index (χ4v) is 6.27. The van der Waals surface area contributed by atoms with Crippen LogP contribution in [0.5, 0.6) is 0 Å². The minimum atomic E-state index is -1.38. The number of nitrogens with zero attached hydrogens (tertiary/aromatic N) is 1. The lowest BCUT2D eigenvalue weighted by molar-refractivity contribution is -0.297. The molecule has 16 nitrogen and oxygen atoms in total. The van der Waals surface area contributed by atoms with E-state index in [9.17, 15) is 25.3 Å². The summed E-state index contributed by atoms with van der Waals surface area (Å²) in [5.41, 5.74) is 16.7. The van der Waals surface area contributed by atoms with Crippen LogP contribution in [-0.2, 0) is 14.2 Å². The summed E-state index contributed by atoms with van der Waals surface area (Å²) in [7, 11) is 1.60. The topological polar surface area (TPSA) is 255 Å². The Bertz CT molecular complexity index is 911. The van der Waals surface area contributed by atoms with Crippen LogP contribution in [0.2, 0.25) is 0 Å². The van der Waals surface area contributed by atoms with Gasteiger partial charge in [-0.1, -0.05) is 0 Å². The summed E-state index contributed by atoms with van der Waals surface area (Å²) in [6.45, 7) is 3.11. The zero-order chi connectivity index (χ0) is 29.9. The summed E-state index contributed by atoms with van der Waals surface area (Å²) in [5, 5.41) is 56.5. The number of hydrogen-bond donors (Lipinski definition) is 11. The molecule has 4 rings (SSSR count). The minimum Gasteiger partial charge on any atom is -0.492 e. The van der Waals surface area contributed by atoms with Crippen molar-refractivity contribution >= 4 is 6.03 Å². The molecule has 0 aromatic carbocycles. The number of aliphatic hydroxyl groups excluding tert-OH is 2. The first kappa shape index (κ1) is 32.2. The van der Waals surface area contributed by atoms with Gasteiger partial charge in [-0.3, -0.25) is 5.21 Å². The van der Waals surface area contributed by atoms with Gasteiger partial charge < -0.3 is 68.0 Å². The molecule has 0 aromatic heterocycles. The second kappa shape index (κ2) is 13.7. The first-order valence-electron chi connectivity index (χ1n) is 14.3. The number of hydrogen-bond acceptors (Lipinski definition) is 14. The van der Waals surface area contributed by atoms with Crippen molar-refractivity contribution in [1.82, 2.24) is 26.3 Å². The van der Waals surface area contributed by atoms with Crippen LogP contribution in [0.25, 0.3) is 0 Å². The van der Waals surface area contributed by atoms with Gasteiger partial charge in [0, 0.05) is 43.7 Å². The van der Waals surface area contributed by atoms with Gasteiger partial charge in [0.2, 0.25) is 0 Å². The molecule has 1 saturated carbocycles. The number of likely N-dealkylation sites (N-methyl/N-ethyl adjacent to an activating group) is 1. The second-order valence-corrected chi connectivity index (χ2v) is 11.7. The smallest absolute Gasteiger partial charge is 0.341 e. The average Bonchev–Trinajstić information content (AvgIpc) is 2.90. The fraction of sp³-hybridized carbons (Fsp3) is 0.880. The van der Waals surface area contributed by atoms with Crippen LogP contribution in [0.15, 0.2) is 11.8 Å². The van der Waals surface area contributed by atoms with Gasteiger partial charge in [0.15, 0.2) is 6.29 Å². The molecule has 0 radical (unpaired) electrons. The van der Waals surface area contributed by atoms with Gasteiger partial charge in [-0.05, 0) is 32.9 Å². The summed E-state index contributed by atoms with van der Waals surface area (Å²) in [5.74, 6) is -0.0675. The lowest BCUT2D eigenvalue weighted by atomic mass is 9.72. The number of carbonyl (C=O) groups is 1. The van der Waals surface area contributed by atoms with Crippen LogP contribution in [-0.4, -0.2) is 145 Å². The molecule has 0 bridgehead atoms. The first-order chi connectivity index (χ1) is 19.5. The number of hydroxylamine groups is 2. The highest BCUT2D eigenvalue weighted by atomic mass is 16.7. The Morgan fingerprint density at radius 1 is 1.27 bits per heavy atom. The quantitative estimate of drug-likeness (QED) is 0.0849. The molecule has 3 aliphatic heterocycles. The van der Waals surface area contributed by atoms with E-state index in [0.29, 0.717) is 17.2 Å². The summed E-state index contributed by atoms with van der Waals surface area (Å²) >= 11 is 0. The van der Waals surface area contributed by atoms with Crippen molar-refractivity contribution in [2.75, 3.05) is 46.4 Å². The summed E-state index contributed by atoms with van der Waals surface area (Å²) in [6, 6.07) is -3.09. The minimum absolute atomic E-state index is 0.0348. The molecule has 3 fully saturated rings. The Labute approximate surface area is 239 Å². The number of rotatable bonds is 10. The maximum absolute atomic E-state index is 12.7. The lowest BCUT2D eigenvalue weighted by Gasteiger charge is -2.51. The van der Waals surface area contributed by atoms with E-state index in [4.69, 9.17) is 31.4 Å². The number of nitrogens with one attached hydrogen (secondary N) is 4. The zero-order valence-electron chi connectivity index (χ0n) is 23.7. The predicted octanol–water partition coefficient (Wildman–Crippen LogP) is -4.57. The predicted molar refractivity (Wildman–Crippen MR) is 146 cm³/mol. The Hall–Kier alpha value is -1.67. The van der Waals surface area contributed by atoms with Crippen LogP contribution in [0, 0.1) is 5.92 Å². The van der Waals surface area contributed by atoms with Crippen LogP contribution in [0.1, 0.15) is 19.8 Å². The van der Waals surface area contributed by atoms with Crippen molar-refractivity contribution < 1.29 is 39.5 Å². The number of nitrogens with two attached hydrogens (primary N) is 3. The molecule has 16 heteroatoms. The highest BCUT2D eigenvalue weighted by Crippen LogP contribution is 2.37. The molecule has 41 heavy (non-hydrogen) atoms. The van der Waals surface area contributed by atoms with Crippen LogP contribution in [0.4, 0.5) is 4.79 Å². The van der Waals surface area contributed by atoms with E-state index < -0.39 is 66.4 Å². The monoisotopic (exact) mass is 588 g/mol. The van der Waals surface area contributed by atoms with Crippen LogP contribution in [0.3, 0.4) is 0 Å². The molecule has 11 atom stereocenters. The van der Waals surface area contributed by atoms with E-state index in [-0.39, 0.29) is 44.7 Å². The molecule has 0 aromatic rings. The molecule has 4 aliphatic rings. The maximum Gasteiger partial charge on any atom is 0.341 e. The van der Waals surface area contributed by atoms with Crippen LogP contribution >= 0.6 is 0 Å². The molecular formula is C25H48N8O8. The summed E-state index contributed by atoms with van der Waals surface area (Å²) < 4.78 is 18.2. The third kappa shape index (κ3) is 7.11. The van der Waals surface area contributed by atoms with Gasteiger partial charge >= 0.3 is 6.03 Å². The SMILES string of the molecule is CNC1C(O)C(OC2C(NC(=O)N(O)CCN)CC(N)C(C3OC(CN)=CCC3NC3CNC3)C2O)OCC1(C)O. The average molecular weight is 589 g/mol. The van der Waals surface area contributed by atoms with Gasteiger partial charge in [0.1, 0.15) is 29.7 Å². The number of carbonyl (C=O) groups excluding carboxylic acids is 1. The van der Waals surface area contributed by atoms with Gasteiger partial charge in [0.25, 0.3) is 0 Å². The summed E-state index contributed by atoms with van der Waals surface area (Å²) in [6.07, 6.45) is -2.84. The third-order valence-corrected chi connectivity index (χ3v) is 8.56. The van der Waals surface area contributed by atoms with E-state index in [1.165, 1.54) is 6.92 Å². The molecule has 1 aliphatic carbocycles. The maximum atomic E-state index is 12.7. The highest BCUT2D eigenvalue weighted by molar-refractivity contribution is 5.73. The van der Waals surface area contributed by atoms with E-state index in [2.05, 4.69) is 21.3 Å². The van der Waals surface area contributed by atoms with E-state index in [0.717, 1.165) is 13.1 Å². The summed E-state index contributed by atoms with van der Waals surface area (Å²) in [4.78, 5) is 12.7. The molecule has 3 heterocycles. The van der Waals surface area contributed by atoms with Gasteiger partial charge in [0.05, 0.1) is 37.9 Å². The Morgan fingerprint density at radius 3 is 2.61 bits per heavy atom. The molecule has 2 amide bonds. The molecule has 2 saturated heterocycles. The van der Waals surface area contributed by atoms with E-state index >= 15 is 0 Å². The van der Waals surface area contributed by atoms with Gasteiger partial charge in [-0.15, -0.1) is 0 Å². The Kier molecular flexibility index (Phi) is 10.8. The molecular weight excluding hydrogens is 540 g/mol. The third-order valence-electron chi connectivity index (χ3n) is 8.56. The molecule has 0 spiro atoms. The highest BCUT2D eigenvalue weighted by Gasteiger charge is 2.54. The molecule has 236 valence electrons. The van der Waals surface area contributed by atoms with Crippen molar-refractivity contribution in [1.29, 1.82) is 0 Å². The van der Waals surface area contributed by atoms with Crippen molar-refractivity contribution in [3.05, 3.63) is 11.8 Å². The normalized spacial score (nSPS) is 41.6. The van der Waals surface area contributed by atoms with E-state index in [1.807, 2.05) is 6.08 Å². The van der Waals surface area contributed by atoms with Crippen molar-refractivity contribution in [2.24, 2.45) is 23.1 Å². The Balaban J connectivity index is 1.60. The van der Waals surface area contributed by atoms with Crippen molar-refractivity contribution in [3.8, 4) is 0 Å². The van der Waals surface area contributed by atoms with Gasteiger partial charge in [-0.2, -0.15) is 0 Å². The van der Waals surface area contributed by atoms with Crippen molar-refractivity contribution in [3.63, 3.8) is 0 Å². The Morgan fingerprint density at radius 2 is 2.00 bits per heavy atom. The van der Waals surface area contributed by atoms with Crippen molar-refractivity contribution in [2.45, 2.75) is 86.3 Å². The van der Waals surface area contributed by atoms with E-state index in [1.54, 1.807) is 7.05 Å². The largest absolute Gasteiger partial charge is 0.492 e. The van der Waals surface area contributed by atoms with Gasteiger partial charge in [-0.25, -0.2) is 9.86 Å². The second-order valence-electron chi connectivity index (χ2n) is 11.7. The fourth-order valence-electron chi connectivity index (χ4n) is 6.27. The number of amides is 2. The number of aliphatic hydroxyl groups is 3. The lowest BCUT2D eigenvalue weighted by Crippen LogP contribution is -2.70. The molecule has 14 N–H and O–H groups in total. The molecule has 11 unspecified atom stereocenters. The zero-order valence-corrected chi connectivity index (χ0v) is 23.7.